The van der Waals surface area contributed by atoms with E-state index in [0.717, 1.165) is 23.2 Å². The molecule has 0 spiro atoms. The molecule has 0 amide bonds. The topological polar surface area (TPSA) is 0 Å². The van der Waals surface area contributed by atoms with Crippen molar-refractivity contribution in [2.24, 2.45) is 23.2 Å². The van der Waals surface area contributed by atoms with Crippen molar-refractivity contribution in [2.75, 3.05) is 0 Å². The Balaban J connectivity index is 1.97. The van der Waals surface area contributed by atoms with E-state index in [2.05, 4.69) is 6.92 Å². The van der Waals surface area contributed by atoms with Gasteiger partial charge in [-0.25, -0.2) is 0 Å². The van der Waals surface area contributed by atoms with E-state index in [1.54, 1.807) is 38.5 Å². The first-order valence-corrected chi connectivity index (χ1v) is 5.25. The molecule has 0 saturated heterocycles. The number of hydrogen-bond donors (Lipinski definition) is 0. The van der Waals surface area contributed by atoms with Crippen LogP contribution in [0.25, 0.3) is 0 Å². The molecule has 0 aromatic carbocycles. The summed E-state index contributed by atoms with van der Waals surface area (Å²) >= 11 is 0. The average Bonchev–Trinajstić information content (AvgIpc) is 2.15. The molecule has 4 atom stereocenters. The summed E-state index contributed by atoms with van der Waals surface area (Å²) in [5.41, 5.74) is 0.792. The Morgan fingerprint density at radius 2 is 1.91 bits per heavy atom. The zero-order valence-electron chi connectivity index (χ0n) is 7.47. The lowest BCUT2D eigenvalue weighted by Crippen LogP contribution is -2.31. The first-order valence-electron chi connectivity index (χ1n) is 5.25. The van der Waals surface area contributed by atoms with E-state index in [1.165, 1.54) is 0 Å². The van der Waals surface area contributed by atoms with Gasteiger partial charge in [-0.15, -0.1) is 0 Å². The summed E-state index contributed by atoms with van der Waals surface area (Å²) in [6, 6.07) is 0. The van der Waals surface area contributed by atoms with E-state index in [1.807, 2.05) is 0 Å². The van der Waals surface area contributed by atoms with E-state index in [-0.39, 0.29) is 0 Å². The monoisotopic (exact) mass is 150 g/mol. The van der Waals surface area contributed by atoms with Gasteiger partial charge >= 0.3 is 0 Å². The molecule has 0 heterocycles. The van der Waals surface area contributed by atoms with Crippen LogP contribution in [0.3, 0.4) is 0 Å². The third kappa shape index (κ3) is 0.816. The van der Waals surface area contributed by atoms with Crippen molar-refractivity contribution >= 4 is 0 Å². The summed E-state index contributed by atoms with van der Waals surface area (Å²) in [4.78, 5) is 0. The Hall–Kier alpha value is 0. The second-order valence-electron chi connectivity index (χ2n) is 5.62. The smallest absolute Gasteiger partial charge is 0.0320 e. The van der Waals surface area contributed by atoms with Crippen LogP contribution >= 0.6 is 0 Å². The molecule has 0 aliphatic heterocycles. The predicted octanol–water partition coefficient (Wildman–Crippen LogP) is 3.22. The van der Waals surface area contributed by atoms with Gasteiger partial charge in [-0.1, -0.05) is 6.92 Å². The quantitative estimate of drug-likeness (QED) is 0.497. The normalized spacial score (nSPS) is 60.3. The molecule has 3 bridgehead atoms. The lowest BCUT2D eigenvalue weighted by molar-refractivity contribution is 0.0873. The van der Waals surface area contributed by atoms with Crippen LogP contribution in [0.2, 0.25) is 0 Å². The summed E-state index contributed by atoms with van der Waals surface area (Å²) in [5, 5.41) is 0. The Kier molecular flexibility index (Phi) is 1.09. The van der Waals surface area contributed by atoms with Crippen LogP contribution in [0.5, 0.6) is 0 Å². The zero-order chi connectivity index (χ0) is 7.47. The van der Waals surface area contributed by atoms with Crippen LogP contribution in [-0.4, -0.2) is 0 Å². The van der Waals surface area contributed by atoms with Gasteiger partial charge < -0.3 is 0 Å². The van der Waals surface area contributed by atoms with Crippen molar-refractivity contribution in [3.05, 3.63) is 0 Å². The van der Waals surface area contributed by atoms with Gasteiger partial charge in [0.25, 0.3) is 0 Å². The Morgan fingerprint density at radius 1 is 1.09 bits per heavy atom. The van der Waals surface area contributed by atoms with Crippen molar-refractivity contribution in [2.45, 2.75) is 45.4 Å². The van der Waals surface area contributed by atoms with Gasteiger partial charge in [-0.3, -0.25) is 0 Å². The molecule has 0 radical (unpaired) electrons. The SMILES string of the molecule is CC12CCC3CC(CC3C1)C2. The summed E-state index contributed by atoms with van der Waals surface area (Å²) in [7, 11) is 0. The molecule has 0 aromatic heterocycles. The highest BCUT2D eigenvalue weighted by Crippen LogP contribution is 2.60. The van der Waals surface area contributed by atoms with Gasteiger partial charge in [0.05, 0.1) is 0 Å². The van der Waals surface area contributed by atoms with E-state index in [0.29, 0.717) is 0 Å². The van der Waals surface area contributed by atoms with Gasteiger partial charge in [0, 0.05) is 0 Å². The fourth-order valence-electron chi connectivity index (χ4n) is 4.26. The molecule has 3 rings (SSSR count). The fourth-order valence-corrected chi connectivity index (χ4v) is 4.26. The Labute approximate surface area is 69.4 Å². The van der Waals surface area contributed by atoms with Crippen molar-refractivity contribution in [1.82, 2.24) is 0 Å². The molecule has 3 saturated carbocycles. The molecule has 3 fully saturated rings. The first kappa shape index (κ1) is 6.51. The minimum atomic E-state index is 0.792. The standard InChI is InChI=1S/C11H18/c1-11-3-2-9-4-8(6-11)5-10(9)7-11/h8-10H,2-7H2,1H3. The van der Waals surface area contributed by atoms with Gasteiger partial charge in [0.15, 0.2) is 0 Å². The van der Waals surface area contributed by atoms with Crippen molar-refractivity contribution in [3.63, 3.8) is 0 Å². The predicted molar refractivity (Wildman–Crippen MR) is 46.3 cm³/mol. The highest BCUT2D eigenvalue weighted by Gasteiger charge is 2.49. The number of hydrogen-bond acceptors (Lipinski definition) is 0. The lowest BCUT2D eigenvalue weighted by Gasteiger charge is -2.42. The third-order valence-electron chi connectivity index (χ3n) is 4.59. The van der Waals surface area contributed by atoms with Crippen LogP contribution in [0.15, 0.2) is 0 Å². The summed E-state index contributed by atoms with van der Waals surface area (Å²) < 4.78 is 0. The van der Waals surface area contributed by atoms with E-state index in [4.69, 9.17) is 0 Å². The fraction of sp³-hybridized carbons (Fsp3) is 1.00. The van der Waals surface area contributed by atoms with Gasteiger partial charge in [0.2, 0.25) is 0 Å². The average molecular weight is 150 g/mol. The molecule has 0 N–H and O–H groups in total. The minimum Gasteiger partial charge on any atom is -0.0596 e. The molecular weight excluding hydrogens is 132 g/mol. The lowest BCUT2D eigenvalue weighted by atomic mass is 9.63. The summed E-state index contributed by atoms with van der Waals surface area (Å²) in [6.45, 7) is 2.54. The maximum atomic E-state index is 2.54. The van der Waals surface area contributed by atoms with Crippen LogP contribution in [0.4, 0.5) is 0 Å². The number of rotatable bonds is 0. The Morgan fingerprint density at radius 3 is 2.82 bits per heavy atom. The van der Waals surface area contributed by atoms with E-state index in [9.17, 15) is 0 Å². The second-order valence-corrected chi connectivity index (χ2v) is 5.62. The first-order chi connectivity index (χ1) is 5.25. The molecule has 4 unspecified atom stereocenters. The van der Waals surface area contributed by atoms with E-state index < -0.39 is 0 Å². The van der Waals surface area contributed by atoms with Crippen molar-refractivity contribution in [1.29, 1.82) is 0 Å². The van der Waals surface area contributed by atoms with Crippen molar-refractivity contribution < 1.29 is 0 Å². The maximum Gasteiger partial charge on any atom is -0.0320 e. The highest BCUT2D eigenvalue weighted by molar-refractivity contribution is 4.99. The van der Waals surface area contributed by atoms with Crippen LogP contribution in [0, 0.1) is 23.2 Å². The van der Waals surface area contributed by atoms with Crippen LogP contribution in [0.1, 0.15) is 45.4 Å². The minimum absolute atomic E-state index is 0.792. The van der Waals surface area contributed by atoms with Gasteiger partial charge in [-0.2, -0.15) is 0 Å². The number of fused-ring (bicyclic) bond motifs is 2. The molecular formula is C11H18. The zero-order valence-corrected chi connectivity index (χ0v) is 7.47. The van der Waals surface area contributed by atoms with Crippen LogP contribution < -0.4 is 0 Å². The second kappa shape index (κ2) is 1.84. The van der Waals surface area contributed by atoms with Gasteiger partial charge in [-0.05, 0) is 61.7 Å². The summed E-state index contributed by atoms with van der Waals surface area (Å²) in [5.74, 6) is 3.47. The third-order valence-corrected chi connectivity index (χ3v) is 4.59. The molecule has 62 valence electrons. The molecule has 3 aliphatic carbocycles. The molecule has 0 heteroatoms. The molecule has 0 aromatic rings. The molecule has 0 nitrogen and oxygen atoms in total. The van der Waals surface area contributed by atoms with Crippen LogP contribution in [-0.2, 0) is 0 Å². The highest BCUT2D eigenvalue weighted by atomic mass is 14.5. The van der Waals surface area contributed by atoms with E-state index >= 15 is 0 Å². The molecule has 11 heavy (non-hydrogen) atoms. The maximum absolute atomic E-state index is 2.54. The Bertz CT molecular complexity index is 180. The largest absolute Gasteiger partial charge is 0.0596 e. The van der Waals surface area contributed by atoms with Gasteiger partial charge in [0.1, 0.15) is 0 Å². The molecule has 3 aliphatic rings. The van der Waals surface area contributed by atoms with Crippen molar-refractivity contribution in [3.8, 4) is 0 Å². The summed E-state index contributed by atoms with van der Waals surface area (Å²) in [6.07, 6.45) is 9.46.